The topological polar surface area (TPSA) is 95.6 Å². The van der Waals surface area contributed by atoms with Gasteiger partial charge in [0.2, 0.25) is 15.9 Å². The summed E-state index contributed by atoms with van der Waals surface area (Å²) in [6, 6.07) is 1.67. The Balaban J connectivity index is 2.14. The van der Waals surface area contributed by atoms with Crippen molar-refractivity contribution in [3.8, 4) is 0 Å². The maximum absolute atomic E-state index is 13.9. The van der Waals surface area contributed by atoms with E-state index in [0.29, 0.717) is 19.4 Å². The third kappa shape index (κ3) is 5.71. The van der Waals surface area contributed by atoms with Crippen LogP contribution in [0.3, 0.4) is 0 Å². The average Bonchev–Trinajstić information content (AvgIpc) is 2.57. The molecule has 1 aliphatic heterocycles. The van der Waals surface area contributed by atoms with Gasteiger partial charge < -0.3 is 10.2 Å². The number of piperidine rings is 1. The number of hydrogen-bond donors (Lipinski definition) is 2. The van der Waals surface area contributed by atoms with Gasteiger partial charge in [-0.2, -0.15) is 0 Å². The van der Waals surface area contributed by atoms with Crippen molar-refractivity contribution < 1.29 is 26.8 Å². The molecule has 1 fully saturated rings. The van der Waals surface area contributed by atoms with Gasteiger partial charge in [0.15, 0.2) is 0 Å². The minimum atomic E-state index is -3.42. The lowest BCUT2D eigenvalue weighted by Crippen LogP contribution is -2.56. The van der Waals surface area contributed by atoms with E-state index in [4.69, 9.17) is 0 Å². The summed E-state index contributed by atoms with van der Waals surface area (Å²) in [5.41, 5.74) is -0.740. The minimum absolute atomic E-state index is 0.166. The van der Waals surface area contributed by atoms with Crippen LogP contribution in [0.4, 0.5) is 8.78 Å². The molecule has 1 aliphatic rings. The van der Waals surface area contributed by atoms with E-state index >= 15 is 0 Å². The van der Waals surface area contributed by atoms with Gasteiger partial charge in [0.05, 0.1) is 6.26 Å². The molecule has 2 amide bonds. The summed E-state index contributed by atoms with van der Waals surface area (Å²) in [5, 5.41) is 2.43. The Kier molecular flexibility index (Phi) is 7.11. The molecule has 0 spiro atoms. The molecule has 0 radical (unpaired) electrons. The highest BCUT2D eigenvalue weighted by molar-refractivity contribution is 7.88. The van der Waals surface area contributed by atoms with E-state index in [2.05, 4.69) is 10.0 Å². The third-order valence-corrected chi connectivity index (χ3v) is 5.28. The fraction of sp³-hybridized carbons (Fsp3) is 0.556. The monoisotopic (exact) mass is 417 g/mol. The molecule has 10 heteroatoms. The van der Waals surface area contributed by atoms with Crippen molar-refractivity contribution >= 4 is 21.8 Å². The molecule has 2 N–H and O–H groups in total. The zero-order chi connectivity index (χ0) is 21.1. The van der Waals surface area contributed by atoms with Gasteiger partial charge in [-0.25, -0.2) is 21.9 Å². The predicted molar refractivity (Wildman–Crippen MR) is 100 cm³/mol. The second kappa shape index (κ2) is 8.95. The van der Waals surface area contributed by atoms with E-state index in [0.717, 1.165) is 24.5 Å². The van der Waals surface area contributed by atoms with Crippen LogP contribution in [0, 0.1) is 17.6 Å². The van der Waals surface area contributed by atoms with Gasteiger partial charge in [0.25, 0.3) is 5.91 Å². The summed E-state index contributed by atoms with van der Waals surface area (Å²) in [7, 11) is -3.42. The highest BCUT2D eigenvalue weighted by Gasteiger charge is 2.33. The van der Waals surface area contributed by atoms with Crippen molar-refractivity contribution in [3.63, 3.8) is 0 Å². The Morgan fingerprint density at radius 1 is 1.21 bits per heavy atom. The smallest absolute Gasteiger partial charge is 0.257 e. The Bertz CT molecular complexity index is 825. The van der Waals surface area contributed by atoms with Crippen LogP contribution in [0.5, 0.6) is 0 Å². The van der Waals surface area contributed by atoms with Gasteiger partial charge in [-0.3, -0.25) is 9.59 Å². The third-order valence-electron chi connectivity index (χ3n) is 4.52. The number of carbonyl (C=O) groups is 2. The summed E-state index contributed by atoms with van der Waals surface area (Å²) in [6.45, 7) is 3.99. The lowest BCUT2D eigenvalue weighted by atomic mass is 9.99. The number of sulfonamides is 1. The van der Waals surface area contributed by atoms with Crippen LogP contribution in [-0.2, 0) is 14.8 Å². The number of hydrogen-bond acceptors (Lipinski definition) is 4. The fourth-order valence-corrected chi connectivity index (χ4v) is 4.01. The molecule has 7 nitrogen and oxygen atoms in total. The van der Waals surface area contributed by atoms with Crippen molar-refractivity contribution in [2.75, 3.05) is 19.3 Å². The first-order valence-corrected chi connectivity index (χ1v) is 10.9. The van der Waals surface area contributed by atoms with E-state index < -0.39 is 51.1 Å². The van der Waals surface area contributed by atoms with E-state index in [-0.39, 0.29) is 12.5 Å². The molecule has 0 bridgehead atoms. The van der Waals surface area contributed by atoms with E-state index in [1.165, 1.54) is 4.90 Å². The number of nitrogens with one attached hydrogen (secondary N) is 2. The second-order valence-corrected chi connectivity index (χ2v) is 9.09. The normalized spacial score (nSPS) is 18.8. The van der Waals surface area contributed by atoms with Gasteiger partial charge in [0.1, 0.15) is 23.2 Å². The maximum Gasteiger partial charge on any atom is 0.257 e. The summed E-state index contributed by atoms with van der Waals surface area (Å²) in [5.74, 6) is -3.79. The molecule has 0 aliphatic carbocycles. The quantitative estimate of drug-likeness (QED) is 0.729. The molecule has 156 valence electrons. The van der Waals surface area contributed by atoms with Crippen LogP contribution in [-0.4, -0.2) is 56.6 Å². The van der Waals surface area contributed by atoms with E-state index in [1.54, 1.807) is 13.8 Å². The van der Waals surface area contributed by atoms with Crippen LogP contribution in [0.25, 0.3) is 0 Å². The van der Waals surface area contributed by atoms with Crippen LogP contribution in [0.15, 0.2) is 18.2 Å². The number of rotatable bonds is 6. The van der Waals surface area contributed by atoms with Crippen molar-refractivity contribution in [3.05, 3.63) is 35.4 Å². The van der Waals surface area contributed by atoms with E-state index in [1.807, 2.05) is 0 Å². The minimum Gasteiger partial charge on any atom is -0.340 e. The number of benzene rings is 1. The first-order chi connectivity index (χ1) is 13.0. The Labute approximate surface area is 163 Å². The molecule has 28 heavy (non-hydrogen) atoms. The molecule has 0 aromatic heterocycles. The lowest BCUT2D eigenvalue weighted by molar-refractivity contribution is -0.135. The Morgan fingerprint density at radius 3 is 2.36 bits per heavy atom. The van der Waals surface area contributed by atoms with Gasteiger partial charge in [0, 0.05) is 19.1 Å². The number of halogens is 2. The molecular formula is C18H25F2N3O4S. The van der Waals surface area contributed by atoms with E-state index in [9.17, 15) is 26.8 Å². The first kappa shape index (κ1) is 22.2. The Hall–Kier alpha value is -2.07. The van der Waals surface area contributed by atoms with Crippen LogP contribution >= 0.6 is 0 Å². The summed E-state index contributed by atoms with van der Waals surface area (Å²) in [4.78, 5) is 26.8. The molecule has 2 atom stereocenters. The van der Waals surface area contributed by atoms with Crippen molar-refractivity contribution in [1.29, 1.82) is 0 Å². The van der Waals surface area contributed by atoms with Crippen molar-refractivity contribution in [1.82, 2.24) is 14.9 Å². The lowest BCUT2D eigenvalue weighted by Gasteiger charge is -2.36. The SMILES string of the molecule is CC(C)[C@H](NC(=O)c1c(F)cccc1F)C(=O)N1CCCC(NS(C)(=O)=O)C1. The summed E-state index contributed by atoms with van der Waals surface area (Å²) >= 11 is 0. The largest absolute Gasteiger partial charge is 0.340 e. The second-order valence-electron chi connectivity index (χ2n) is 7.31. The molecule has 2 rings (SSSR count). The van der Waals surface area contributed by atoms with Crippen LogP contribution < -0.4 is 10.0 Å². The van der Waals surface area contributed by atoms with Crippen LogP contribution in [0.1, 0.15) is 37.0 Å². The van der Waals surface area contributed by atoms with Crippen molar-refractivity contribution in [2.45, 2.75) is 38.8 Å². The zero-order valence-corrected chi connectivity index (χ0v) is 16.9. The molecule has 1 aromatic rings. The average molecular weight is 417 g/mol. The van der Waals surface area contributed by atoms with Gasteiger partial charge in [-0.05, 0) is 30.9 Å². The van der Waals surface area contributed by atoms with Crippen molar-refractivity contribution in [2.24, 2.45) is 5.92 Å². The zero-order valence-electron chi connectivity index (χ0n) is 16.0. The predicted octanol–water partition coefficient (Wildman–Crippen LogP) is 1.26. The fourth-order valence-electron chi connectivity index (χ4n) is 3.21. The van der Waals surface area contributed by atoms with Gasteiger partial charge in [-0.1, -0.05) is 19.9 Å². The molecular weight excluding hydrogens is 392 g/mol. The molecule has 1 heterocycles. The number of nitrogens with zero attached hydrogens (tertiary/aromatic N) is 1. The molecule has 1 aromatic carbocycles. The number of amides is 2. The molecule has 0 saturated carbocycles. The standard InChI is InChI=1S/C18H25F2N3O4S/c1-11(2)16(21-17(24)15-13(19)7-4-8-14(15)20)18(25)23-9-5-6-12(10-23)22-28(3,26)27/h4,7-8,11-12,16,22H,5-6,9-10H2,1-3H3,(H,21,24)/t12?,16-/m0/s1. The van der Waals surface area contributed by atoms with Gasteiger partial charge in [-0.15, -0.1) is 0 Å². The summed E-state index contributed by atoms with van der Waals surface area (Å²) in [6.07, 6.45) is 2.24. The number of carbonyl (C=O) groups excluding carboxylic acids is 2. The maximum atomic E-state index is 13.9. The number of likely N-dealkylation sites (tertiary alicyclic amines) is 1. The molecule has 1 unspecified atom stereocenters. The first-order valence-electron chi connectivity index (χ1n) is 9.00. The van der Waals surface area contributed by atoms with Crippen LogP contribution in [0.2, 0.25) is 0 Å². The highest BCUT2D eigenvalue weighted by atomic mass is 32.2. The highest BCUT2D eigenvalue weighted by Crippen LogP contribution is 2.17. The Morgan fingerprint density at radius 2 is 1.82 bits per heavy atom. The molecule has 1 saturated heterocycles. The van der Waals surface area contributed by atoms with Gasteiger partial charge >= 0.3 is 0 Å². The summed E-state index contributed by atoms with van der Waals surface area (Å²) < 4.78 is 53.1.